The van der Waals surface area contributed by atoms with E-state index in [9.17, 15) is 9.59 Å². The van der Waals surface area contributed by atoms with Gasteiger partial charge < -0.3 is 10.0 Å². The van der Waals surface area contributed by atoms with Crippen LogP contribution >= 0.6 is 0 Å². The van der Waals surface area contributed by atoms with Crippen molar-refractivity contribution in [2.45, 2.75) is 12.8 Å². The van der Waals surface area contributed by atoms with Crippen LogP contribution in [0.1, 0.15) is 12.8 Å². The average molecular weight is 242 g/mol. The molecule has 2 amide bonds. The van der Waals surface area contributed by atoms with Crippen molar-refractivity contribution in [3.8, 4) is 0 Å². The van der Waals surface area contributed by atoms with Gasteiger partial charge in [0.25, 0.3) is 0 Å². The van der Waals surface area contributed by atoms with E-state index in [2.05, 4.69) is 0 Å². The van der Waals surface area contributed by atoms with Crippen molar-refractivity contribution in [1.82, 2.24) is 9.96 Å². The van der Waals surface area contributed by atoms with Crippen LogP contribution < -0.4 is 0 Å². The van der Waals surface area contributed by atoms with Crippen LogP contribution in [-0.4, -0.2) is 54.3 Å². The average Bonchev–Trinajstić information content (AvgIpc) is 2.84. The summed E-state index contributed by atoms with van der Waals surface area (Å²) in [5.74, 6) is 0.672. The number of nitrogens with zero attached hydrogens (tertiary/aromatic N) is 2. The minimum atomic E-state index is -0.851. The molecule has 0 bridgehead atoms. The smallest absolute Gasteiger partial charge is 0.407 e. The number of carbonyl (C=O) groups is 2. The van der Waals surface area contributed by atoms with Crippen LogP contribution in [-0.2, 0) is 9.63 Å². The van der Waals surface area contributed by atoms with Crippen LogP contribution in [0.2, 0.25) is 0 Å². The lowest BCUT2D eigenvalue weighted by Crippen LogP contribution is -2.33. The maximum absolute atomic E-state index is 11.9. The number of fused-ring (bicyclic) bond motifs is 1. The van der Waals surface area contributed by atoms with Crippen LogP contribution in [0.3, 0.4) is 0 Å². The van der Waals surface area contributed by atoms with Gasteiger partial charge in [-0.25, -0.2) is 9.86 Å². The van der Waals surface area contributed by atoms with Crippen molar-refractivity contribution in [1.29, 1.82) is 0 Å². The Kier molecular flexibility index (Phi) is 3.24. The zero-order valence-electron chi connectivity index (χ0n) is 10.1. The van der Waals surface area contributed by atoms with E-state index in [1.165, 1.54) is 17.1 Å². The van der Waals surface area contributed by atoms with Crippen LogP contribution in [0.4, 0.5) is 4.79 Å². The van der Waals surface area contributed by atoms with Gasteiger partial charge in [0.2, 0.25) is 5.91 Å². The largest absolute Gasteiger partial charge is 0.465 e. The van der Waals surface area contributed by atoms with Gasteiger partial charge in [-0.3, -0.25) is 9.63 Å². The predicted molar refractivity (Wildman–Crippen MR) is 59.1 cm³/mol. The van der Waals surface area contributed by atoms with Gasteiger partial charge in [0.15, 0.2) is 0 Å². The molecule has 1 aliphatic heterocycles. The molecule has 17 heavy (non-hydrogen) atoms. The molecule has 1 saturated carbocycles. The highest BCUT2D eigenvalue weighted by Crippen LogP contribution is 2.42. The molecule has 1 N–H and O–H groups in total. The van der Waals surface area contributed by atoms with E-state index in [1.807, 2.05) is 0 Å². The predicted octanol–water partition coefficient (Wildman–Crippen LogP) is 0.642. The Morgan fingerprint density at radius 2 is 1.82 bits per heavy atom. The molecule has 2 aliphatic rings. The minimum Gasteiger partial charge on any atom is -0.465 e. The van der Waals surface area contributed by atoms with Crippen LogP contribution in [0.5, 0.6) is 0 Å². The second kappa shape index (κ2) is 4.52. The third-order valence-corrected chi connectivity index (χ3v) is 3.95. The Morgan fingerprint density at radius 3 is 2.24 bits per heavy atom. The number of carbonyl (C=O) groups excluding carboxylic acids is 1. The highest BCUT2D eigenvalue weighted by molar-refractivity contribution is 5.78. The van der Waals surface area contributed by atoms with E-state index in [4.69, 9.17) is 9.94 Å². The molecule has 6 nitrogen and oxygen atoms in total. The summed E-state index contributed by atoms with van der Waals surface area (Å²) < 4.78 is 0. The van der Waals surface area contributed by atoms with E-state index in [1.54, 1.807) is 7.05 Å². The second-order valence-electron chi connectivity index (χ2n) is 4.89. The molecule has 96 valence electrons. The van der Waals surface area contributed by atoms with Gasteiger partial charge in [-0.2, -0.15) is 0 Å². The standard InChI is InChI=1S/C11H18N2O4/c1-12(17-2)10(14)7-3-8-5-13(11(15)16)6-9(8)4-7/h7-9H,3-6H2,1-2H3,(H,15,16)/t7-,8-,9+. The van der Waals surface area contributed by atoms with E-state index in [-0.39, 0.29) is 11.8 Å². The molecular weight excluding hydrogens is 224 g/mol. The van der Waals surface area contributed by atoms with Crippen LogP contribution in [0.25, 0.3) is 0 Å². The molecule has 0 radical (unpaired) electrons. The fraction of sp³-hybridized carbons (Fsp3) is 0.818. The maximum atomic E-state index is 11.9. The lowest BCUT2D eigenvalue weighted by Gasteiger charge is -2.20. The third kappa shape index (κ3) is 2.22. The van der Waals surface area contributed by atoms with Gasteiger partial charge in [0, 0.05) is 26.1 Å². The molecule has 0 unspecified atom stereocenters. The summed E-state index contributed by atoms with van der Waals surface area (Å²) in [5.41, 5.74) is 0. The topological polar surface area (TPSA) is 70.1 Å². The van der Waals surface area contributed by atoms with Crippen molar-refractivity contribution in [3.63, 3.8) is 0 Å². The molecule has 1 aliphatic carbocycles. The Labute approximate surface area is 100 Å². The first-order valence-electron chi connectivity index (χ1n) is 5.82. The first kappa shape index (κ1) is 12.2. The highest BCUT2D eigenvalue weighted by atomic mass is 16.7. The fourth-order valence-electron chi connectivity index (χ4n) is 3.00. The summed E-state index contributed by atoms with van der Waals surface area (Å²) in [6.07, 6.45) is 0.707. The first-order chi connectivity index (χ1) is 8.02. The third-order valence-electron chi connectivity index (χ3n) is 3.95. The van der Waals surface area contributed by atoms with Gasteiger partial charge in [-0.05, 0) is 24.7 Å². The summed E-state index contributed by atoms with van der Waals surface area (Å²) in [5, 5.41) is 10.2. The number of hydrogen-bond donors (Lipinski definition) is 1. The van der Waals surface area contributed by atoms with E-state index in [0.29, 0.717) is 24.9 Å². The van der Waals surface area contributed by atoms with E-state index in [0.717, 1.165) is 12.8 Å². The number of rotatable bonds is 2. The molecule has 0 spiro atoms. The van der Waals surface area contributed by atoms with E-state index < -0.39 is 6.09 Å². The summed E-state index contributed by atoms with van der Waals surface area (Å²) in [6, 6.07) is 0. The molecule has 3 atom stereocenters. The normalized spacial score (nSPS) is 31.4. The SMILES string of the molecule is CON(C)C(=O)[C@@H]1C[C@@H]2CN(C(=O)O)C[C@@H]2C1. The quantitative estimate of drug-likeness (QED) is 0.721. The lowest BCUT2D eigenvalue weighted by atomic mass is 10.0. The zero-order valence-corrected chi connectivity index (χ0v) is 10.1. The summed E-state index contributed by atoms with van der Waals surface area (Å²) in [7, 11) is 3.08. The van der Waals surface area contributed by atoms with Crippen molar-refractivity contribution < 1.29 is 19.5 Å². The van der Waals surface area contributed by atoms with Crippen molar-refractivity contribution in [3.05, 3.63) is 0 Å². The molecule has 1 heterocycles. The molecule has 2 fully saturated rings. The highest BCUT2D eigenvalue weighted by Gasteiger charge is 2.45. The fourth-order valence-corrected chi connectivity index (χ4v) is 3.00. The Hall–Kier alpha value is -1.30. The Morgan fingerprint density at radius 1 is 1.29 bits per heavy atom. The number of hydroxylamine groups is 2. The monoisotopic (exact) mass is 242 g/mol. The summed E-state index contributed by atoms with van der Waals surface area (Å²) >= 11 is 0. The summed E-state index contributed by atoms with van der Waals surface area (Å²) in [4.78, 5) is 29.1. The number of carboxylic acid groups (broad SMARTS) is 1. The van der Waals surface area contributed by atoms with Crippen LogP contribution in [0, 0.1) is 17.8 Å². The molecule has 0 aromatic carbocycles. The number of hydrogen-bond acceptors (Lipinski definition) is 3. The van der Waals surface area contributed by atoms with Gasteiger partial charge in [-0.1, -0.05) is 0 Å². The molecular formula is C11H18N2O4. The van der Waals surface area contributed by atoms with Gasteiger partial charge in [0.1, 0.15) is 0 Å². The minimum absolute atomic E-state index is 0.00350. The Bertz CT molecular complexity index is 319. The molecule has 1 saturated heterocycles. The number of likely N-dealkylation sites (tertiary alicyclic amines) is 1. The van der Waals surface area contributed by atoms with Crippen molar-refractivity contribution >= 4 is 12.0 Å². The molecule has 2 rings (SSSR count). The number of amides is 2. The maximum Gasteiger partial charge on any atom is 0.407 e. The van der Waals surface area contributed by atoms with E-state index >= 15 is 0 Å². The second-order valence-corrected chi connectivity index (χ2v) is 4.89. The Balaban J connectivity index is 1.92. The van der Waals surface area contributed by atoms with Gasteiger partial charge in [0.05, 0.1) is 7.11 Å². The lowest BCUT2D eigenvalue weighted by molar-refractivity contribution is -0.173. The van der Waals surface area contributed by atoms with Crippen molar-refractivity contribution in [2.24, 2.45) is 17.8 Å². The van der Waals surface area contributed by atoms with Crippen molar-refractivity contribution in [2.75, 3.05) is 27.2 Å². The molecule has 0 aromatic rings. The summed E-state index contributed by atoms with van der Waals surface area (Å²) in [6.45, 7) is 1.14. The van der Waals surface area contributed by atoms with Crippen LogP contribution in [0.15, 0.2) is 0 Å². The zero-order chi connectivity index (χ0) is 12.6. The van der Waals surface area contributed by atoms with Gasteiger partial charge >= 0.3 is 6.09 Å². The molecule has 0 aromatic heterocycles. The first-order valence-corrected chi connectivity index (χ1v) is 5.82. The van der Waals surface area contributed by atoms with Gasteiger partial charge in [-0.15, -0.1) is 0 Å². The molecule has 6 heteroatoms.